The van der Waals surface area contributed by atoms with Crippen molar-refractivity contribution in [1.29, 1.82) is 0 Å². The fraction of sp³-hybridized carbons (Fsp3) is 0.571. The zero-order valence-electron chi connectivity index (χ0n) is 5.21. The lowest BCUT2D eigenvalue weighted by Crippen LogP contribution is -1.98. The molecular formula is C7H10O2. The smallest absolute Gasteiger partial charge is 0.306 e. The summed E-state index contributed by atoms with van der Waals surface area (Å²) < 4.78 is 0. The summed E-state index contributed by atoms with van der Waals surface area (Å²) in [6.07, 6.45) is 3.49. The third kappa shape index (κ3) is 1.31. The molecule has 2 heteroatoms. The van der Waals surface area contributed by atoms with Crippen LogP contribution in [-0.2, 0) is 4.79 Å². The molecule has 1 fully saturated rings. The normalized spacial score (nSPS) is 31.6. The van der Waals surface area contributed by atoms with Gasteiger partial charge in [0.1, 0.15) is 0 Å². The van der Waals surface area contributed by atoms with Gasteiger partial charge >= 0.3 is 5.97 Å². The second-order valence-corrected chi connectivity index (χ2v) is 2.46. The first-order valence-corrected chi connectivity index (χ1v) is 3.09. The van der Waals surface area contributed by atoms with E-state index in [0.29, 0.717) is 5.92 Å². The number of allylic oxidation sites excluding steroid dienone is 1. The van der Waals surface area contributed by atoms with Crippen LogP contribution in [0.1, 0.15) is 12.8 Å². The largest absolute Gasteiger partial charge is 0.481 e. The van der Waals surface area contributed by atoms with Gasteiger partial charge in [-0.3, -0.25) is 4.79 Å². The van der Waals surface area contributed by atoms with Crippen molar-refractivity contribution in [3.05, 3.63) is 12.7 Å². The van der Waals surface area contributed by atoms with Gasteiger partial charge in [0.2, 0.25) is 0 Å². The molecule has 1 saturated carbocycles. The molecule has 0 aromatic carbocycles. The number of hydrogen-bond acceptors (Lipinski definition) is 1. The van der Waals surface area contributed by atoms with Crippen molar-refractivity contribution < 1.29 is 9.90 Å². The van der Waals surface area contributed by atoms with E-state index < -0.39 is 5.97 Å². The van der Waals surface area contributed by atoms with Gasteiger partial charge in [-0.25, -0.2) is 0 Å². The Balaban J connectivity index is 2.24. The minimum atomic E-state index is -0.651. The van der Waals surface area contributed by atoms with Crippen molar-refractivity contribution in [2.75, 3.05) is 0 Å². The number of rotatable bonds is 3. The minimum Gasteiger partial charge on any atom is -0.481 e. The van der Waals surface area contributed by atoms with Gasteiger partial charge in [-0.2, -0.15) is 0 Å². The lowest BCUT2D eigenvalue weighted by molar-refractivity contribution is -0.138. The summed E-state index contributed by atoms with van der Waals surface area (Å²) in [7, 11) is 0. The third-order valence-corrected chi connectivity index (χ3v) is 1.71. The number of carboxylic acids is 1. The number of aliphatic carboxylic acids is 1. The average Bonchev–Trinajstić information content (AvgIpc) is 2.47. The Morgan fingerprint density at radius 1 is 1.89 bits per heavy atom. The molecule has 0 amide bonds. The molecule has 0 bridgehead atoms. The van der Waals surface area contributed by atoms with Crippen LogP contribution in [0, 0.1) is 11.8 Å². The third-order valence-electron chi connectivity index (χ3n) is 1.71. The molecule has 0 spiro atoms. The van der Waals surface area contributed by atoms with Gasteiger partial charge in [-0.15, -0.1) is 6.58 Å². The Morgan fingerprint density at radius 2 is 2.56 bits per heavy atom. The Labute approximate surface area is 54.2 Å². The van der Waals surface area contributed by atoms with E-state index in [1.165, 1.54) is 0 Å². The topological polar surface area (TPSA) is 37.3 Å². The molecule has 2 nitrogen and oxygen atoms in total. The molecule has 1 aliphatic carbocycles. The molecule has 50 valence electrons. The molecule has 0 aromatic heterocycles. The van der Waals surface area contributed by atoms with Crippen molar-refractivity contribution in [3.8, 4) is 0 Å². The van der Waals surface area contributed by atoms with Gasteiger partial charge < -0.3 is 5.11 Å². The second kappa shape index (κ2) is 2.21. The lowest BCUT2D eigenvalue weighted by Gasteiger charge is -1.86. The number of carboxylic acid groups (broad SMARTS) is 1. The van der Waals surface area contributed by atoms with Gasteiger partial charge in [-0.1, -0.05) is 6.08 Å². The Kier molecular flexibility index (Phi) is 1.56. The maximum atomic E-state index is 10.2. The standard InChI is InChI=1S/C7H10O2/c1-2-3-5-4-6(5)7(8)9/h2,5-6H,1,3-4H2,(H,8,9)/t5-,6-/m0/s1. The highest BCUT2D eigenvalue weighted by atomic mass is 16.4. The predicted octanol–water partition coefficient (Wildman–Crippen LogP) is 1.28. The summed E-state index contributed by atoms with van der Waals surface area (Å²) >= 11 is 0. The highest BCUT2D eigenvalue weighted by molar-refractivity contribution is 5.73. The van der Waals surface area contributed by atoms with E-state index in [1.54, 1.807) is 6.08 Å². The van der Waals surface area contributed by atoms with E-state index in [2.05, 4.69) is 6.58 Å². The molecule has 0 unspecified atom stereocenters. The highest BCUT2D eigenvalue weighted by Gasteiger charge is 2.41. The SMILES string of the molecule is C=CC[C@H]1C[C@@H]1C(=O)O. The quantitative estimate of drug-likeness (QED) is 0.578. The van der Waals surface area contributed by atoms with Gasteiger partial charge in [0, 0.05) is 0 Å². The summed E-state index contributed by atoms with van der Waals surface area (Å²) in [4.78, 5) is 10.2. The van der Waals surface area contributed by atoms with E-state index in [4.69, 9.17) is 5.11 Å². The minimum absolute atomic E-state index is 0.0667. The van der Waals surface area contributed by atoms with Crippen LogP contribution in [0.15, 0.2) is 12.7 Å². The maximum Gasteiger partial charge on any atom is 0.306 e. The molecule has 2 atom stereocenters. The maximum absolute atomic E-state index is 10.2. The Morgan fingerprint density at radius 3 is 2.89 bits per heavy atom. The lowest BCUT2D eigenvalue weighted by atomic mass is 10.2. The first-order chi connectivity index (χ1) is 4.25. The van der Waals surface area contributed by atoms with Crippen LogP contribution in [0.4, 0.5) is 0 Å². The molecule has 0 radical (unpaired) electrons. The zero-order valence-corrected chi connectivity index (χ0v) is 5.21. The van der Waals surface area contributed by atoms with Gasteiger partial charge in [0.25, 0.3) is 0 Å². The van der Waals surface area contributed by atoms with Crippen LogP contribution in [0.25, 0.3) is 0 Å². The molecule has 1 aliphatic rings. The van der Waals surface area contributed by atoms with Crippen molar-refractivity contribution >= 4 is 5.97 Å². The summed E-state index contributed by atoms with van der Waals surface area (Å²) in [5.74, 6) is -0.329. The van der Waals surface area contributed by atoms with Crippen molar-refractivity contribution in [2.45, 2.75) is 12.8 Å². The molecule has 0 heterocycles. The van der Waals surface area contributed by atoms with Crippen molar-refractivity contribution in [1.82, 2.24) is 0 Å². The predicted molar refractivity (Wildman–Crippen MR) is 34.0 cm³/mol. The Hall–Kier alpha value is -0.790. The van der Waals surface area contributed by atoms with Crippen LogP contribution in [0.3, 0.4) is 0 Å². The molecule has 0 aromatic rings. The molecule has 1 rings (SSSR count). The number of hydrogen-bond donors (Lipinski definition) is 1. The summed E-state index contributed by atoms with van der Waals surface area (Å²) in [6.45, 7) is 3.54. The van der Waals surface area contributed by atoms with Crippen LogP contribution < -0.4 is 0 Å². The fourth-order valence-corrected chi connectivity index (χ4v) is 1.02. The monoisotopic (exact) mass is 126 g/mol. The summed E-state index contributed by atoms with van der Waals surface area (Å²) in [6, 6.07) is 0. The van der Waals surface area contributed by atoms with Crippen molar-refractivity contribution in [2.24, 2.45) is 11.8 Å². The van der Waals surface area contributed by atoms with Gasteiger partial charge in [0.05, 0.1) is 5.92 Å². The van der Waals surface area contributed by atoms with E-state index in [-0.39, 0.29) is 5.92 Å². The summed E-state index contributed by atoms with van der Waals surface area (Å²) in [5, 5.41) is 8.42. The van der Waals surface area contributed by atoms with Crippen LogP contribution in [0.5, 0.6) is 0 Å². The van der Waals surface area contributed by atoms with Crippen LogP contribution in [0.2, 0.25) is 0 Å². The second-order valence-electron chi connectivity index (χ2n) is 2.46. The Bertz CT molecular complexity index is 140. The van der Waals surface area contributed by atoms with Crippen LogP contribution >= 0.6 is 0 Å². The summed E-state index contributed by atoms with van der Waals surface area (Å²) in [5.41, 5.74) is 0. The molecule has 0 saturated heterocycles. The first kappa shape index (κ1) is 6.33. The fourth-order valence-electron chi connectivity index (χ4n) is 1.02. The van der Waals surface area contributed by atoms with E-state index >= 15 is 0 Å². The van der Waals surface area contributed by atoms with E-state index in [9.17, 15) is 4.79 Å². The van der Waals surface area contributed by atoms with E-state index in [1.807, 2.05) is 0 Å². The van der Waals surface area contributed by atoms with Gasteiger partial charge in [0.15, 0.2) is 0 Å². The van der Waals surface area contributed by atoms with Crippen LogP contribution in [-0.4, -0.2) is 11.1 Å². The number of carbonyl (C=O) groups is 1. The van der Waals surface area contributed by atoms with Crippen molar-refractivity contribution in [3.63, 3.8) is 0 Å². The first-order valence-electron chi connectivity index (χ1n) is 3.09. The van der Waals surface area contributed by atoms with E-state index in [0.717, 1.165) is 12.8 Å². The molecule has 0 aliphatic heterocycles. The zero-order chi connectivity index (χ0) is 6.85. The molecular weight excluding hydrogens is 116 g/mol. The molecule has 9 heavy (non-hydrogen) atoms. The molecule has 1 N–H and O–H groups in total. The van der Waals surface area contributed by atoms with Gasteiger partial charge in [-0.05, 0) is 18.8 Å². The average molecular weight is 126 g/mol. The highest BCUT2D eigenvalue weighted by Crippen LogP contribution is 2.41.